The molecule has 27 heavy (non-hydrogen) atoms. The van der Waals surface area contributed by atoms with E-state index in [9.17, 15) is 14.9 Å². The van der Waals surface area contributed by atoms with Crippen molar-refractivity contribution in [2.45, 2.75) is 31.3 Å². The SMILES string of the molecule is O=C1CC2(CCN(CCc3ccc([N+](=O)[O-])cc3)CC2)Oc2ccccc21. The first-order valence-electron chi connectivity index (χ1n) is 9.32. The number of Topliss-reactive ketones (excluding diaryl/α,β-unsaturated/α-hetero) is 1. The number of nitrogens with zero attached hydrogens (tertiary/aromatic N) is 2. The maximum Gasteiger partial charge on any atom is 0.269 e. The molecule has 0 aliphatic carbocycles. The number of rotatable bonds is 4. The molecule has 1 fully saturated rings. The Balaban J connectivity index is 1.33. The zero-order valence-corrected chi connectivity index (χ0v) is 15.1. The van der Waals surface area contributed by atoms with Crippen LogP contribution in [0.3, 0.4) is 0 Å². The van der Waals surface area contributed by atoms with Gasteiger partial charge in [0.05, 0.1) is 16.9 Å². The molecular formula is C21H22N2O4. The van der Waals surface area contributed by atoms with Crippen LogP contribution in [0.15, 0.2) is 48.5 Å². The zero-order chi connectivity index (χ0) is 18.9. The topological polar surface area (TPSA) is 72.7 Å². The average Bonchev–Trinajstić information content (AvgIpc) is 2.68. The van der Waals surface area contributed by atoms with Crippen molar-refractivity contribution >= 4 is 11.5 Å². The summed E-state index contributed by atoms with van der Waals surface area (Å²) in [5, 5.41) is 10.7. The second-order valence-electron chi connectivity index (χ2n) is 7.40. The molecule has 0 unspecified atom stereocenters. The number of ether oxygens (including phenoxy) is 1. The third-order valence-corrected chi connectivity index (χ3v) is 5.63. The Morgan fingerprint density at radius 2 is 1.78 bits per heavy atom. The highest BCUT2D eigenvalue weighted by atomic mass is 16.6. The summed E-state index contributed by atoms with van der Waals surface area (Å²) in [6.45, 7) is 2.68. The molecule has 2 aromatic rings. The van der Waals surface area contributed by atoms with Gasteiger partial charge in [-0.15, -0.1) is 0 Å². The van der Waals surface area contributed by atoms with Gasteiger partial charge < -0.3 is 9.64 Å². The van der Waals surface area contributed by atoms with E-state index in [-0.39, 0.29) is 22.0 Å². The van der Waals surface area contributed by atoms with Gasteiger partial charge >= 0.3 is 0 Å². The molecule has 2 heterocycles. The molecule has 0 radical (unpaired) electrons. The number of ketones is 1. The molecule has 0 aromatic heterocycles. The number of nitro groups is 1. The number of carbonyl (C=O) groups excluding carboxylic acids is 1. The fourth-order valence-corrected chi connectivity index (χ4v) is 3.98. The van der Waals surface area contributed by atoms with Crippen LogP contribution in [-0.4, -0.2) is 40.8 Å². The number of fused-ring (bicyclic) bond motifs is 1. The maximum atomic E-state index is 12.5. The molecule has 2 aliphatic rings. The Kier molecular flexibility index (Phi) is 4.66. The van der Waals surface area contributed by atoms with E-state index in [1.54, 1.807) is 12.1 Å². The van der Waals surface area contributed by atoms with Crippen LogP contribution in [-0.2, 0) is 6.42 Å². The summed E-state index contributed by atoms with van der Waals surface area (Å²) in [6, 6.07) is 14.3. The van der Waals surface area contributed by atoms with Gasteiger partial charge in [0.25, 0.3) is 5.69 Å². The van der Waals surface area contributed by atoms with E-state index < -0.39 is 0 Å². The van der Waals surface area contributed by atoms with Crippen LogP contribution >= 0.6 is 0 Å². The predicted molar refractivity (Wildman–Crippen MR) is 101 cm³/mol. The fourth-order valence-electron chi connectivity index (χ4n) is 3.98. The van der Waals surface area contributed by atoms with Crippen molar-refractivity contribution in [3.8, 4) is 5.75 Å². The van der Waals surface area contributed by atoms with Crippen LogP contribution in [0.2, 0.25) is 0 Å². The summed E-state index contributed by atoms with van der Waals surface area (Å²) in [5.74, 6) is 0.893. The van der Waals surface area contributed by atoms with E-state index in [1.165, 1.54) is 0 Å². The third kappa shape index (κ3) is 3.71. The van der Waals surface area contributed by atoms with Crippen LogP contribution < -0.4 is 4.74 Å². The Morgan fingerprint density at radius 1 is 1.07 bits per heavy atom. The lowest BCUT2D eigenvalue weighted by molar-refractivity contribution is -0.384. The number of hydrogen-bond donors (Lipinski definition) is 0. The molecule has 140 valence electrons. The highest BCUT2D eigenvalue weighted by Gasteiger charge is 2.42. The van der Waals surface area contributed by atoms with Gasteiger partial charge in [-0.25, -0.2) is 0 Å². The third-order valence-electron chi connectivity index (χ3n) is 5.63. The molecule has 2 aromatic carbocycles. The lowest BCUT2D eigenvalue weighted by Gasteiger charge is -2.44. The number of hydrogen-bond acceptors (Lipinski definition) is 5. The molecule has 0 amide bonds. The molecule has 6 nitrogen and oxygen atoms in total. The van der Waals surface area contributed by atoms with Crippen LogP contribution in [0.4, 0.5) is 5.69 Å². The number of nitro benzene ring substituents is 1. The number of para-hydroxylation sites is 1. The van der Waals surface area contributed by atoms with E-state index in [0.717, 1.165) is 44.5 Å². The molecule has 4 rings (SSSR count). The molecule has 6 heteroatoms. The summed E-state index contributed by atoms with van der Waals surface area (Å²) in [6.07, 6.45) is 2.99. The van der Waals surface area contributed by atoms with E-state index >= 15 is 0 Å². The van der Waals surface area contributed by atoms with Gasteiger partial charge in [-0.1, -0.05) is 24.3 Å². The van der Waals surface area contributed by atoms with Gasteiger partial charge in [0.15, 0.2) is 5.78 Å². The summed E-state index contributed by atoms with van der Waals surface area (Å²) >= 11 is 0. The van der Waals surface area contributed by atoms with Crippen molar-refractivity contribution in [1.29, 1.82) is 0 Å². The van der Waals surface area contributed by atoms with Gasteiger partial charge in [0, 0.05) is 44.6 Å². The van der Waals surface area contributed by atoms with Gasteiger partial charge in [-0.3, -0.25) is 14.9 Å². The first-order valence-corrected chi connectivity index (χ1v) is 9.32. The van der Waals surface area contributed by atoms with Gasteiger partial charge in [-0.2, -0.15) is 0 Å². The van der Waals surface area contributed by atoms with Gasteiger partial charge in [0.2, 0.25) is 0 Å². The number of carbonyl (C=O) groups is 1. The van der Waals surface area contributed by atoms with Crippen LogP contribution in [0.1, 0.15) is 35.2 Å². The lowest BCUT2D eigenvalue weighted by atomic mass is 9.82. The van der Waals surface area contributed by atoms with E-state index in [2.05, 4.69) is 4.90 Å². The monoisotopic (exact) mass is 366 g/mol. The molecule has 2 aliphatic heterocycles. The molecule has 0 N–H and O–H groups in total. The minimum absolute atomic E-state index is 0.123. The second-order valence-corrected chi connectivity index (χ2v) is 7.40. The smallest absolute Gasteiger partial charge is 0.269 e. The summed E-state index contributed by atoms with van der Waals surface area (Å²) < 4.78 is 6.27. The minimum atomic E-state index is -0.378. The van der Waals surface area contributed by atoms with Crippen molar-refractivity contribution in [3.05, 3.63) is 69.8 Å². The number of likely N-dealkylation sites (tertiary alicyclic amines) is 1. The van der Waals surface area contributed by atoms with Crippen molar-refractivity contribution in [2.75, 3.05) is 19.6 Å². The quantitative estimate of drug-likeness (QED) is 0.610. The van der Waals surface area contributed by atoms with Crippen molar-refractivity contribution in [2.24, 2.45) is 0 Å². The Labute approximate surface area is 157 Å². The Bertz CT molecular complexity index is 855. The molecule has 0 bridgehead atoms. The highest BCUT2D eigenvalue weighted by molar-refractivity contribution is 6.00. The average molecular weight is 366 g/mol. The molecule has 0 atom stereocenters. The lowest BCUT2D eigenvalue weighted by Crippen LogP contribution is -2.51. The van der Waals surface area contributed by atoms with Crippen molar-refractivity contribution in [3.63, 3.8) is 0 Å². The minimum Gasteiger partial charge on any atom is -0.486 e. The largest absolute Gasteiger partial charge is 0.486 e. The van der Waals surface area contributed by atoms with Crippen molar-refractivity contribution in [1.82, 2.24) is 4.90 Å². The van der Waals surface area contributed by atoms with Crippen LogP contribution in [0.5, 0.6) is 5.75 Å². The number of piperidine rings is 1. The van der Waals surface area contributed by atoms with Gasteiger partial charge in [-0.05, 0) is 24.1 Å². The first-order chi connectivity index (χ1) is 13.0. The summed E-state index contributed by atoms with van der Waals surface area (Å²) in [4.78, 5) is 25.2. The highest BCUT2D eigenvalue weighted by Crippen LogP contribution is 2.39. The Morgan fingerprint density at radius 3 is 2.48 bits per heavy atom. The Hall–Kier alpha value is -2.73. The van der Waals surface area contributed by atoms with Crippen LogP contribution in [0.25, 0.3) is 0 Å². The molecule has 0 saturated carbocycles. The molecule has 1 saturated heterocycles. The summed E-state index contributed by atoms with van der Waals surface area (Å²) in [5.41, 5.74) is 1.55. The van der Waals surface area contributed by atoms with E-state index in [4.69, 9.17) is 4.74 Å². The number of non-ortho nitro benzene ring substituents is 1. The fraction of sp³-hybridized carbons (Fsp3) is 0.381. The van der Waals surface area contributed by atoms with Crippen molar-refractivity contribution < 1.29 is 14.5 Å². The zero-order valence-electron chi connectivity index (χ0n) is 15.1. The van der Waals surface area contributed by atoms with Crippen LogP contribution in [0, 0.1) is 10.1 Å². The number of benzene rings is 2. The molecular weight excluding hydrogens is 344 g/mol. The summed E-state index contributed by atoms with van der Waals surface area (Å²) in [7, 11) is 0. The maximum absolute atomic E-state index is 12.5. The normalized spacial score (nSPS) is 18.7. The first kappa shape index (κ1) is 17.7. The standard InChI is InChI=1S/C21H22N2O4/c24-19-15-21(27-20-4-2-1-3-18(19)20)10-13-22(14-11-21)12-9-16-5-7-17(8-6-16)23(25)26/h1-8H,9-15H2. The van der Waals surface area contributed by atoms with Gasteiger partial charge in [0.1, 0.15) is 11.4 Å². The van der Waals surface area contributed by atoms with E-state index in [1.807, 2.05) is 36.4 Å². The van der Waals surface area contributed by atoms with E-state index in [0.29, 0.717) is 17.7 Å². The second kappa shape index (κ2) is 7.12. The predicted octanol–water partition coefficient (Wildman–Crippen LogP) is 3.64. The molecule has 1 spiro atoms.